The SMILES string of the molecule is CS(=O)(=O)N[C@H]1CCN(c2ccccn2)CC1COC1CCC(c2ccnnc2)CC1. The predicted octanol–water partition coefficient (Wildman–Crippen LogP) is 2.36. The number of nitrogens with zero attached hydrogens (tertiary/aromatic N) is 4. The molecule has 2 aromatic rings. The highest BCUT2D eigenvalue weighted by Gasteiger charge is 2.33. The van der Waals surface area contributed by atoms with Crippen LogP contribution in [0.15, 0.2) is 42.9 Å². The maximum Gasteiger partial charge on any atom is 0.208 e. The maximum atomic E-state index is 11.9. The van der Waals surface area contributed by atoms with Gasteiger partial charge in [-0.25, -0.2) is 18.1 Å². The van der Waals surface area contributed by atoms with Crippen LogP contribution in [0.25, 0.3) is 0 Å². The summed E-state index contributed by atoms with van der Waals surface area (Å²) in [6, 6.07) is 7.81. The van der Waals surface area contributed by atoms with Crippen molar-refractivity contribution < 1.29 is 13.2 Å². The number of sulfonamides is 1. The van der Waals surface area contributed by atoms with E-state index in [9.17, 15) is 8.42 Å². The van der Waals surface area contributed by atoms with Crippen molar-refractivity contribution in [3.05, 3.63) is 48.4 Å². The Bertz CT molecular complexity index is 921. The van der Waals surface area contributed by atoms with Crippen LogP contribution in [0.3, 0.4) is 0 Å². The van der Waals surface area contributed by atoms with Gasteiger partial charge in [-0.05, 0) is 61.8 Å². The Morgan fingerprint density at radius 1 is 1.10 bits per heavy atom. The Balaban J connectivity index is 1.34. The molecule has 2 aromatic heterocycles. The molecule has 2 atom stereocenters. The molecular formula is C22H31N5O3S. The normalized spacial score (nSPS) is 27.2. The number of ether oxygens (including phenoxy) is 1. The highest BCUT2D eigenvalue weighted by molar-refractivity contribution is 7.88. The standard InChI is InChI=1S/C22H31N5O3S/c1-31(28,29)26-21-10-13-27(22-4-2-3-11-23-22)15-19(21)16-30-20-7-5-17(6-8-20)18-9-12-24-25-14-18/h2-4,9,11-12,14,17,19-21,26H,5-8,10,13,15-16H2,1H3/t17?,19?,20?,21-/m0/s1. The second kappa shape index (κ2) is 10.0. The number of hydrogen-bond acceptors (Lipinski definition) is 7. The third kappa shape index (κ3) is 6.21. The Morgan fingerprint density at radius 3 is 2.61 bits per heavy atom. The monoisotopic (exact) mass is 445 g/mol. The van der Waals surface area contributed by atoms with Crippen molar-refractivity contribution in [2.24, 2.45) is 5.92 Å². The lowest BCUT2D eigenvalue weighted by molar-refractivity contribution is -0.00215. The molecule has 3 heterocycles. The van der Waals surface area contributed by atoms with Crippen LogP contribution in [0.1, 0.15) is 43.6 Å². The first kappa shape index (κ1) is 22.1. The van der Waals surface area contributed by atoms with Gasteiger partial charge in [0.2, 0.25) is 10.0 Å². The van der Waals surface area contributed by atoms with E-state index >= 15 is 0 Å². The zero-order valence-corrected chi connectivity index (χ0v) is 18.7. The molecule has 9 heteroatoms. The molecule has 0 bridgehead atoms. The Labute approximate surface area is 184 Å². The zero-order valence-electron chi connectivity index (χ0n) is 17.9. The summed E-state index contributed by atoms with van der Waals surface area (Å²) < 4.78 is 32.9. The minimum Gasteiger partial charge on any atom is -0.378 e. The largest absolute Gasteiger partial charge is 0.378 e. The van der Waals surface area contributed by atoms with Gasteiger partial charge in [-0.1, -0.05) is 6.07 Å². The molecular weight excluding hydrogens is 414 g/mol. The molecule has 1 N–H and O–H groups in total. The van der Waals surface area contributed by atoms with Gasteiger partial charge in [0.15, 0.2) is 0 Å². The van der Waals surface area contributed by atoms with E-state index in [0.717, 1.165) is 51.0 Å². The van der Waals surface area contributed by atoms with Crippen LogP contribution in [0.2, 0.25) is 0 Å². The van der Waals surface area contributed by atoms with Crippen LogP contribution < -0.4 is 9.62 Å². The minimum absolute atomic E-state index is 0.0765. The number of anilines is 1. The van der Waals surface area contributed by atoms with E-state index in [1.54, 1.807) is 12.4 Å². The van der Waals surface area contributed by atoms with E-state index in [-0.39, 0.29) is 18.1 Å². The van der Waals surface area contributed by atoms with Gasteiger partial charge in [0.25, 0.3) is 0 Å². The summed E-state index contributed by atoms with van der Waals surface area (Å²) in [6.45, 7) is 2.04. The molecule has 2 aliphatic rings. The van der Waals surface area contributed by atoms with E-state index in [4.69, 9.17) is 4.74 Å². The van der Waals surface area contributed by atoms with Crippen LogP contribution in [0.5, 0.6) is 0 Å². The Kier molecular flexibility index (Phi) is 7.14. The van der Waals surface area contributed by atoms with E-state index in [1.807, 2.05) is 24.4 Å². The number of piperidine rings is 1. The fourth-order valence-corrected chi connectivity index (χ4v) is 5.61. The quantitative estimate of drug-likeness (QED) is 0.699. The minimum atomic E-state index is -3.27. The van der Waals surface area contributed by atoms with Crippen molar-refractivity contribution in [2.45, 2.75) is 50.2 Å². The van der Waals surface area contributed by atoms with Crippen LogP contribution in [0, 0.1) is 5.92 Å². The first-order valence-electron chi connectivity index (χ1n) is 11.0. The molecule has 0 amide bonds. The van der Waals surface area contributed by atoms with Gasteiger partial charge < -0.3 is 9.64 Å². The number of rotatable bonds is 7. The smallest absolute Gasteiger partial charge is 0.208 e. The highest BCUT2D eigenvalue weighted by Crippen LogP contribution is 2.34. The molecule has 1 saturated carbocycles. The van der Waals surface area contributed by atoms with Crippen LogP contribution in [-0.2, 0) is 14.8 Å². The van der Waals surface area contributed by atoms with Gasteiger partial charge in [-0.3, -0.25) is 0 Å². The first-order valence-corrected chi connectivity index (χ1v) is 12.9. The lowest BCUT2D eigenvalue weighted by atomic mass is 9.83. The summed E-state index contributed by atoms with van der Waals surface area (Å²) in [5, 5.41) is 7.86. The number of pyridine rings is 1. The second-order valence-electron chi connectivity index (χ2n) is 8.66. The molecule has 0 spiro atoms. The van der Waals surface area contributed by atoms with Crippen LogP contribution in [0.4, 0.5) is 5.82 Å². The molecule has 1 aliphatic heterocycles. The summed E-state index contributed by atoms with van der Waals surface area (Å²) in [5.41, 5.74) is 1.25. The van der Waals surface area contributed by atoms with Gasteiger partial charge in [0.1, 0.15) is 5.82 Å². The summed E-state index contributed by atoms with van der Waals surface area (Å²) in [6.07, 6.45) is 11.8. The van der Waals surface area contributed by atoms with Crippen molar-refractivity contribution in [3.63, 3.8) is 0 Å². The van der Waals surface area contributed by atoms with Gasteiger partial charge in [0, 0.05) is 37.4 Å². The molecule has 4 rings (SSSR count). The van der Waals surface area contributed by atoms with Crippen LogP contribution in [-0.4, -0.2) is 61.7 Å². The molecule has 2 fully saturated rings. The van der Waals surface area contributed by atoms with Gasteiger partial charge in [-0.15, -0.1) is 0 Å². The second-order valence-corrected chi connectivity index (χ2v) is 10.4. The third-order valence-corrected chi connectivity index (χ3v) is 7.10. The van der Waals surface area contributed by atoms with Crippen molar-refractivity contribution in [2.75, 3.05) is 30.9 Å². The fraction of sp³-hybridized carbons (Fsp3) is 0.591. The van der Waals surface area contributed by atoms with Crippen molar-refractivity contribution in [3.8, 4) is 0 Å². The summed E-state index contributed by atoms with van der Waals surface area (Å²) >= 11 is 0. The van der Waals surface area contributed by atoms with Crippen molar-refractivity contribution in [1.82, 2.24) is 19.9 Å². The number of aromatic nitrogens is 3. The molecule has 1 unspecified atom stereocenters. The van der Waals surface area contributed by atoms with E-state index in [1.165, 1.54) is 11.8 Å². The van der Waals surface area contributed by atoms with Gasteiger partial charge >= 0.3 is 0 Å². The van der Waals surface area contributed by atoms with E-state index < -0.39 is 10.0 Å². The van der Waals surface area contributed by atoms with Gasteiger partial charge in [-0.2, -0.15) is 10.2 Å². The molecule has 1 saturated heterocycles. The zero-order chi connectivity index (χ0) is 21.7. The number of nitrogens with one attached hydrogen (secondary N) is 1. The summed E-state index contributed by atoms with van der Waals surface area (Å²) in [4.78, 5) is 6.68. The molecule has 0 aromatic carbocycles. The molecule has 31 heavy (non-hydrogen) atoms. The first-order chi connectivity index (χ1) is 15.0. The summed E-state index contributed by atoms with van der Waals surface area (Å²) in [7, 11) is -3.27. The van der Waals surface area contributed by atoms with E-state index in [2.05, 4.69) is 30.9 Å². The number of hydrogen-bond donors (Lipinski definition) is 1. The van der Waals surface area contributed by atoms with Gasteiger partial charge in [0.05, 0.1) is 25.2 Å². The summed E-state index contributed by atoms with van der Waals surface area (Å²) in [5.74, 6) is 1.52. The van der Waals surface area contributed by atoms with E-state index in [0.29, 0.717) is 12.5 Å². The Morgan fingerprint density at radius 2 is 1.94 bits per heavy atom. The van der Waals surface area contributed by atoms with Crippen molar-refractivity contribution in [1.29, 1.82) is 0 Å². The maximum absolute atomic E-state index is 11.9. The third-order valence-electron chi connectivity index (χ3n) is 6.37. The lowest BCUT2D eigenvalue weighted by Gasteiger charge is -2.40. The molecule has 1 aliphatic carbocycles. The lowest BCUT2D eigenvalue weighted by Crippen LogP contribution is -2.52. The predicted molar refractivity (Wildman–Crippen MR) is 119 cm³/mol. The topological polar surface area (TPSA) is 97.3 Å². The van der Waals surface area contributed by atoms with Crippen molar-refractivity contribution >= 4 is 15.8 Å². The Hall–Kier alpha value is -2.10. The molecule has 168 valence electrons. The molecule has 8 nitrogen and oxygen atoms in total. The molecule has 0 radical (unpaired) electrons. The average molecular weight is 446 g/mol. The average Bonchev–Trinajstić information content (AvgIpc) is 2.79. The van der Waals surface area contributed by atoms with Crippen LogP contribution >= 0.6 is 0 Å². The fourth-order valence-electron chi connectivity index (χ4n) is 4.75. The highest BCUT2D eigenvalue weighted by atomic mass is 32.2.